The van der Waals surface area contributed by atoms with Crippen LogP contribution in [0, 0.1) is 0 Å². The van der Waals surface area contributed by atoms with E-state index in [0.717, 1.165) is 19.4 Å². The Kier molecular flexibility index (Phi) is 8.29. The Labute approximate surface area is 101 Å². The third kappa shape index (κ3) is 7.67. The summed E-state index contributed by atoms with van der Waals surface area (Å²) in [5.41, 5.74) is 15.6. The molecule has 0 aromatic rings. The second-order valence-corrected chi connectivity index (χ2v) is 3.92. The Balaban J connectivity index is 0.000000302. The molecule has 1 aliphatic heterocycles. The Morgan fingerprint density at radius 1 is 1.59 bits per heavy atom. The summed E-state index contributed by atoms with van der Waals surface area (Å²) in [6.07, 6.45) is 3.00. The zero-order chi connectivity index (χ0) is 13.3. The number of nitrogens with one attached hydrogen (secondary N) is 1. The summed E-state index contributed by atoms with van der Waals surface area (Å²) in [5.74, 6) is -0.959. The molecule has 1 aliphatic rings. The van der Waals surface area contributed by atoms with Gasteiger partial charge in [0.25, 0.3) is 0 Å². The Hall–Kier alpha value is -1.18. The lowest BCUT2D eigenvalue weighted by atomic mass is 10.1. The van der Waals surface area contributed by atoms with Crippen LogP contribution < -0.4 is 22.5 Å². The average Bonchev–Trinajstić information content (AvgIpc) is 2.30. The van der Waals surface area contributed by atoms with E-state index in [1.807, 2.05) is 0 Å². The zero-order valence-corrected chi connectivity index (χ0v) is 9.89. The molecule has 1 amide bonds. The zero-order valence-electron chi connectivity index (χ0n) is 9.89. The van der Waals surface area contributed by atoms with Crippen LogP contribution in [0.3, 0.4) is 0 Å². The van der Waals surface area contributed by atoms with Crippen molar-refractivity contribution in [2.24, 2.45) is 17.2 Å². The van der Waals surface area contributed by atoms with Gasteiger partial charge in [0.15, 0.2) is 0 Å². The Morgan fingerprint density at radius 2 is 2.24 bits per heavy atom. The van der Waals surface area contributed by atoms with Crippen molar-refractivity contribution >= 4 is 11.9 Å². The highest BCUT2D eigenvalue weighted by atomic mass is 16.4. The maximum atomic E-state index is 10.6. The summed E-state index contributed by atoms with van der Waals surface area (Å²) in [6, 6.07) is -0.989. The van der Waals surface area contributed by atoms with Crippen molar-refractivity contribution in [2.75, 3.05) is 13.1 Å². The first-order valence-electron chi connectivity index (χ1n) is 5.70. The first-order chi connectivity index (χ1) is 7.99. The number of amides is 1. The maximum absolute atomic E-state index is 10.6. The van der Waals surface area contributed by atoms with E-state index in [1.54, 1.807) is 0 Å². The van der Waals surface area contributed by atoms with E-state index in [2.05, 4.69) is 5.32 Å². The fourth-order valence-electron chi connectivity index (χ4n) is 1.26. The van der Waals surface area contributed by atoms with Crippen molar-refractivity contribution in [3.63, 3.8) is 0 Å². The smallest absolute Gasteiger partial charge is 0.320 e. The molecule has 1 saturated heterocycles. The van der Waals surface area contributed by atoms with Crippen LogP contribution in [0.25, 0.3) is 0 Å². The predicted octanol–water partition coefficient (Wildman–Crippen LogP) is -1.64. The van der Waals surface area contributed by atoms with Gasteiger partial charge in [0, 0.05) is 6.54 Å². The van der Waals surface area contributed by atoms with Gasteiger partial charge in [-0.1, -0.05) is 0 Å². The van der Waals surface area contributed by atoms with Crippen molar-refractivity contribution in [1.82, 2.24) is 5.32 Å². The predicted molar refractivity (Wildman–Crippen MR) is 64.1 cm³/mol. The highest BCUT2D eigenvalue weighted by Crippen LogP contribution is 1.98. The summed E-state index contributed by atoms with van der Waals surface area (Å²) in [7, 11) is 0. The van der Waals surface area contributed by atoms with E-state index in [1.165, 1.54) is 0 Å². The van der Waals surface area contributed by atoms with Gasteiger partial charge in [0.2, 0.25) is 5.91 Å². The van der Waals surface area contributed by atoms with Gasteiger partial charge in [-0.25, -0.2) is 0 Å². The lowest BCUT2D eigenvalue weighted by molar-refractivity contribution is -0.138. The van der Waals surface area contributed by atoms with Crippen LogP contribution in [0.4, 0.5) is 0 Å². The third-order valence-corrected chi connectivity index (χ3v) is 2.36. The molecule has 2 atom stereocenters. The summed E-state index contributed by atoms with van der Waals surface area (Å²) in [5, 5.41) is 10.9. The molecule has 1 unspecified atom stereocenters. The van der Waals surface area contributed by atoms with Crippen LogP contribution in [0.1, 0.15) is 25.7 Å². The molecule has 8 N–H and O–H groups in total. The van der Waals surface area contributed by atoms with Crippen LogP contribution in [-0.4, -0.2) is 42.2 Å². The topological polar surface area (TPSA) is 144 Å². The second-order valence-electron chi connectivity index (χ2n) is 3.92. The van der Waals surface area contributed by atoms with E-state index < -0.39 is 12.0 Å². The Bertz CT molecular complexity index is 248. The lowest BCUT2D eigenvalue weighted by Gasteiger charge is -2.16. The van der Waals surface area contributed by atoms with Crippen molar-refractivity contribution < 1.29 is 14.7 Å². The van der Waals surface area contributed by atoms with Gasteiger partial charge < -0.3 is 27.6 Å². The summed E-state index contributed by atoms with van der Waals surface area (Å²) < 4.78 is 0. The SMILES string of the molecule is NC1CCCNC1=O.NCCC[C@H](N)C(=O)O. The van der Waals surface area contributed by atoms with Gasteiger partial charge in [0.05, 0.1) is 6.04 Å². The molecule has 1 rings (SSSR count). The number of carbonyl (C=O) groups is 2. The molecule has 0 radical (unpaired) electrons. The number of aliphatic carboxylic acids is 1. The molecule has 0 spiro atoms. The van der Waals surface area contributed by atoms with Gasteiger partial charge in [-0.2, -0.15) is 0 Å². The summed E-state index contributed by atoms with van der Waals surface area (Å²) in [4.78, 5) is 20.6. The number of hydrogen-bond donors (Lipinski definition) is 5. The third-order valence-electron chi connectivity index (χ3n) is 2.36. The number of piperidine rings is 1. The molecular formula is C10H22N4O3. The van der Waals surface area contributed by atoms with Gasteiger partial charge in [-0.15, -0.1) is 0 Å². The van der Waals surface area contributed by atoms with Crippen molar-refractivity contribution in [3.8, 4) is 0 Å². The molecule has 1 heterocycles. The standard InChI is InChI=1S/C5H12N2O2.C5H10N2O/c6-3-1-2-4(7)5(8)9;6-4-2-1-3-7-5(4)8/h4H,1-3,6-7H2,(H,8,9);4H,1-3,6H2,(H,7,8)/t4-;/m0./s1. The van der Waals surface area contributed by atoms with Crippen LogP contribution in [-0.2, 0) is 9.59 Å². The van der Waals surface area contributed by atoms with Gasteiger partial charge >= 0.3 is 5.97 Å². The second kappa shape index (κ2) is 8.91. The fourth-order valence-corrected chi connectivity index (χ4v) is 1.26. The number of rotatable bonds is 4. The number of carbonyl (C=O) groups excluding carboxylic acids is 1. The van der Waals surface area contributed by atoms with Gasteiger partial charge in [-0.3, -0.25) is 9.59 Å². The van der Waals surface area contributed by atoms with E-state index >= 15 is 0 Å². The van der Waals surface area contributed by atoms with Crippen LogP contribution in [0.2, 0.25) is 0 Å². The van der Waals surface area contributed by atoms with Crippen LogP contribution in [0.15, 0.2) is 0 Å². The van der Waals surface area contributed by atoms with Crippen LogP contribution >= 0.6 is 0 Å². The first kappa shape index (κ1) is 15.8. The molecule has 0 bridgehead atoms. The highest BCUT2D eigenvalue weighted by molar-refractivity contribution is 5.82. The van der Waals surface area contributed by atoms with E-state index in [-0.39, 0.29) is 11.9 Å². The number of nitrogens with two attached hydrogens (primary N) is 3. The summed E-state index contributed by atoms with van der Waals surface area (Å²) in [6.45, 7) is 1.30. The molecule has 0 aromatic heterocycles. The molecule has 17 heavy (non-hydrogen) atoms. The summed E-state index contributed by atoms with van der Waals surface area (Å²) >= 11 is 0. The molecule has 7 heteroatoms. The van der Waals surface area contributed by atoms with Crippen molar-refractivity contribution in [2.45, 2.75) is 37.8 Å². The molecule has 0 aromatic carbocycles. The van der Waals surface area contributed by atoms with Crippen LogP contribution in [0.5, 0.6) is 0 Å². The Morgan fingerprint density at radius 3 is 2.59 bits per heavy atom. The van der Waals surface area contributed by atoms with Gasteiger partial charge in [-0.05, 0) is 32.2 Å². The quantitative estimate of drug-likeness (QED) is 0.402. The van der Waals surface area contributed by atoms with E-state index in [9.17, 15) is 9.59 Å². The molecular weight excluding hydrogens is 224 g/mol. The fraction of sp³-hybridized carbons (Fsp3) is 0.800. The van der Waals surface area contributed by atoms with E-state index in [4.69, 9.17) is 22.3 Å². The number of carboxylic acid groups (broad SMARTS) is 1. The van der Waals surface area contributed by atoms with E-state index in [0.29, 0.717) is 19.4 Å². The minimum Gasteiger partial charge on any atom is -0.480 e. The van der Waals surface area contributed by atoms with Crippen molar-refractivity contribution in [1.29, 1.82) is 0 Å². The molecule has 100 valence electrons. The normalized spacial score (nSPS) is 20.9. The number of hydrogen-bond acceptors (Lipinski definition) is 5. The largest absolute Gasteiger partial charge is 0.480 e. The highest BCUT2D eigenvalue weighted by Gasteiger charge is 2.16. The molecule has 1 fully saturated rings. The lowest BCUT2D eigenvalue weighted by Crippen LogP contribution is -2.45. The molecule has 0 aliphatic carbocycles. The first-order valence-corrected chi connectivity index (χ1v) is 5.70. The average molecular weight is 246 g/mol. The van der Waals surface area contributed by atoms with Crippen molar-refractivity contribution in [3.05, 3.63) is 0 Å². The molecule has 0 saturated carbocycles. The monoisotopic (exact) mass is 246 g/mol. The molecule has 7 nitrogen and oxygen atoms in total. The number of carboxylic acids is 1. The minimum absolute atomic E-state index is 0.00347. The maximum Gasteiger partial charge on any atom is 0.320 e. The minimum atomic E-state index is -0.955. The van der Waals surface area contributed by atoms with Gasteiger partial charge in [0.1, 0.15) is 6.04 Å².